The predicted octanol–water partition coefficient (Wildman–Crippen LogP) is 1.08. The fourth-order valence-electron chi connectivity index (χ4n) is 1.82. The Morgan fingerprint density at radius 1 is 1.35 bits per heavy atom. The second-order valence-corrected chi connectivity index (χ2v) is 4.72. The van der Waals surface area contributed by atoms with E-state index in [1.54, 1.807) is 32.1 Å². The van der Waals surface area contributed by atoms with Crippen LogP contribution in [0.1, 0.15) is 16.8 Å². The lowest BCUT2D eigenvalue weighted by Crippen LogP contribution is -2.24. The maximum absolute atomic E-state index is 11.9. The number of benzene rings is 1. The van der Waals surface area contributed by atoms with E-state index in [1.165, 1.54) is 17.0 Å². The molecule has 1 aromatic carbocycles. The summed E-state index contributed by atoms with van der Waals surface area (Å²) in [6.45, 7) is 1.10. The summed E-state index contributed by atoms with van der Waals surface area (Å²) in [5.74, 6) is -0.187. The molecular weight excluding hydrogens is 260 g/mol. The molecule has 0 saturated heterocycles. The summed E-state index contributed by atoms with van der Waals surface area (Å²) in [5.41, 5.74) is 6.29. The zero-order valence-electron chi connectivity index (χ0n) is 12.0. The molecule has 1 rings (SSSR count). The molecule has 2 N–H and O–H groups in total. The van der Waals surface area contributed by atoms with Gasteiger partial charge in [0.15, 0.2) is 0 Å². The van der Waals surface area contributed by atoms with Crippen molar-refractivity contribution in [3.63, 3.8) is 0 Å². The van der Waals surface area contributed by atoms with E-state index in [0.717, 1.165) is 6.42 Å². The van der Waals surface area contributed by atoms with Gasteiger partial charge in [0.2, 0.25) is 0 Å². The third-order valence-electron chi connectivity index (χ3n) is 2.93. The van der Waals surface area contributed by atoms with Gasteiger partial charge in [0.1, 0.15) is 5.69 Å². The van der Waals surface area contributed by atoms with E-state index in [2.05, 4.69) is 0 Å². The topological polar surface area (TPSA) is 92.7 Å². The molecule has 1 aromatic rings. The van der Waals surface area contributed by atoms with Gasteiger partial charge < -0.3 is 15.5 Å². The summed E-state index contributed by atoms with van der Waals surface area (Å²) in [5, 5.41) is 11.1. The van der Waals surface area contributed by atoms with Crippen molar-refractivity contribution in [2.75, 3.05) is 39.1 Å². The third-order valence-corrected chi connectivity index (χ3v) is 2.93. The van der Waals surface area contributed by atoms with E-state index >= 15 is 0 Å². The molecule has 7 nitrogen and oxygen atoms in total. The van der Waals surface area contributed by atoms with Gasteiger partial charge in [-0.3, -0.25) is 14.9 Å². The van der Waals surface area contributed by atoms with Crippen LogP contribution in [0.15, 0.2) is 18.2 Å². The molecule has 1 amide bonds. The minimum atomic E-state index is -0.446. The SMILES string of the molecule is CN(C)C(=O)c1ccc([N+](=O)[O-])c(N(C)CCCN)c1. The maximum Gasteiger partial charge on any atom is 0.292 e. The van der Waals surface area contributed by atoms with Gasteiger partial charge in [-0.25, -0.2) is 0 Å². The molecule has 0 atom stereocenters. The summed E-state index contributed by atoms with van der Waals surface area (Å²) in [6, 6.07) is 4.39. The van der Waals surface area contributed by atoms with Crippen molar-refractivity contribution >= 4 is 17.3 Å². The maximum atomic E-state index is 11.9. The van der Waals surface area contributed by atoms with Crippen molar-refractivity contribution in [2.24, 2.45) is 5.73 Å². The van der Waals surface area contributed by atoms with Gasteiger partial charge in [-0.05, 0) is 25.1 Å². The monoisotopic (exact) mass is 280 g/mol. The Balaban J connectivity index is 3.18. The number of hydrogen-bond acceptors (Lipinski definition) is 5. The molecule has 0 aromatic heterocycles. The zero-order chi connectivity index (χ0) is 15.3. The Bertz CT molecular complexity index is 502. The highest BCUT2D eigenvalue weighted by molar-refractivity contribution is 5.95. The molecule has 0 heterocycles. The van der Waals surface area contributed by atoms with E-state index < -0.39 is 4.92 Å². The number of hydrogen-bond donors (Lipinski definition) is 1. The van der Waals surface area contributed by atoms with Crippen LogP contribution < -0.4 is 10.6 Å². The van der Waals surface area contributed by atoms with Crippen molar-refractivity contribution in [3.05, 3.63) is 33.9 Å². The molecule has 0 saturated carbocycles. The van der Waals surface area contributed by atoms with Crippen LogP contribution in [0.5, 0.6) is 0 Å². The van der Waals surface area contributed by atoms with Gasteiger partial charge in [0, 0.05) is 39.3 Å². The number of nitro groups is 1. The smallest absolute Gasteiger partial charge is 0.292 e. The molecular formula is C13H20N4O3. The van der Waals surface area contributed by atoms with E-state index in [1.807, 2.05) is 0 Å². The summed E-state index contributed by atoms with van der Waals surface area (Å²) in [4.78, 5) is 25.7. The Kier molecular flexibility index (Phi) is 5.45. The molecule has 0 fully saturated rings. The summed E-state index contributed by atoms with van der Waals surface area (Å²) >= 11 is 0. The number of amides is 1. The highest BCUT2D eigenvalue weighted by Gasteiger charge is 2.20. The first kappa shape index (κ1) is 15.9. The van der Waals surface area contributed by atoms with Gasteiger partial charge in [-0.1, -0.05) is 0 Å². The summed E-state index contributed by atoms with van der Waals surface area (Å²) in [6.07, 6.45) is 0.722. The fourth-order valence-corrected chi connectivity index (χ4v) is 1.82. The average molecular weight is 280 g/mol. The van der Waals surface area contributed by atoms with Crippen LogP contribution in [0.25, 0.3) is 0 Å². The molecule has 0 aliphatic carbocycles. The minimum Gasteiger partial charge on any atom is -0.369 e. The molecule has 110 valence electrons. The Hall–Kier alpha value is -2.15. The molecule has 20 heavy (non-hydrogen) atoms. The Morgan fingerprint density at radius 2 is 2.00 bits per heavy atom. The predicted molar refractivity (Wildman–Crippen MR) is 78.1 cm³/mol. The van der Waals surface area contributed by atoms with Crippen LogP contribution in [0, 0.1) is 10.1 Å². The second-order valence-electron chi connectivity index (χ2n) is 4.72. The highest BCUT2D eigenvalue weighted by atomic mass is 16.6. The lowest BCUT2D eigenvalue weighted by Gasteiger charge is -2.20. The van der Waals surface area contributed by atoms with Crippen molar-refractivity contribution in [3.8, 4) is 0 Å². The summed E-state index contributed by atoms with van der Waals surface area (Å²) < 4.78 is 0. The summed E-state index contributed by atoms with van der Waals surface area (Å²) in [7, 11) is 5.03. The second kappa shape index (κ2) is 6.85. The van der Waals surface area contributed by atoms with Crippen LogP contribution in [-0.4, -0.2) is 50.0 Å². The van der Waals surface area contributed by atoms with Gasteiger partial charge in [0.25, 0.3) is 11.6 Å². The Morgan fingerprint density at radius 3 is 2.50 bits per heavy atom. The largest absolute Gasteiger partial charge is 0.369 e. The van der Waals surface area contributed by atoms with E-state index in [0.29, 0.717) is 24.3 Å². The van der Waals surface area contributed by atoms with E-state index in [9.17, 15) is 14.9 Å². The number of nitro benzene ring substituents is 1. The highest BCUT2D eigenvalue weighted by Crippen LogP contribution is 2.28. The van der Waals surface area contributed by atoms with Crippen LogP contribution >= 0.6 is 0 Å². The quantitative estimate of drug-likeness (QED) is 0.621. The first-order valence-electron chi connectivity index (χ1n) is 6.29. The molecule has 0 unspecified atom stereocenters. The van der Waals surface area contributed by atoms with Gasteiger partial charge in [-0.15, -0.1) is 0 Å². The molecule has 0 spiro atoms. The molecule has 0 aliphatic heterocycles. The number of nitrogens with two attached hydrogens (primary N) is 1. The number of rotatable bonds is 6. The van der Waals surface area contributed by atoms with Crippen molar-refractivity contribution in [2.45, 2.75) is 6.42 Å². The third kappa shape index (κ3) is 3.67. The first-order chi connectivity index (χ1) is 9.38. The fraction of sp³-hybridized carbons (Fsp3) is 0.462. The van der Waals surface area contributed by atoms with Crippen molar-refractivity contribution < 1.29 is 9.72 Å². The average Bonchev–Trinajstić information content (AvgIpc) is 2.42. The van der Waals surface area contributed by atoms with Crippen LogP contribution in [-0.2, 0) is 0 Å². The van der Waals surface area contributed by atoms with Crippen LogP contribution in [0.4, 0.5) is 11.4 Å². The van der Waals surface area contributed by atoms with Gasteiger partial charge >= 0.3 is 0 Å². The minimum absolute atomic E-state index is 0.0140. The lowest BCUT2D eigenvalue weighted by molar-refractivity contribution is -0.384. The lowest BCUT2D eigenvalue weighted by atomic mass is 10.1. The number of carbonyl (C=O) groups excluding carboxylic acids is 1. The normalized spacial score (nSPS) is 10.2. The van der Waals surface area contributed by atoms with E-state index in [4.69, 9.17) is 5.73 Å². The molecule has 7 heteroatoms. The molecule has 0 radical (unpaired) electrons. The van der Waals surface area contributed by atoms with Gasteiger partial charge in [-0.2, -0.15) is 0 Å². The van der Waals surface area contributed by atoms with Crippen molar-refractivity contribution in [1.29, 1.82) is 0 Å². The van der Waals surface area contributed by atoms with Crippen LogP contribution in [0.3, 0.4) is 0 Å². The number of nitrogens with zero attached hydrogens (tertiary/aromatic N) is 3. The molecule has 0 aliphatic rings. The zero-order valence-corrected chi connectivity index (χ0v) is 12.0. The first-order valence-corrected chi connectivity index (χ1v) is 6.29. The van der Waals surface area contributed by atoms with E-state index in [-0.39, 0.29) is 11.6 Å². The molecule has 0 bridgehead atoms. The Labute approximate surface area is 118 Å². The van der Waals surface area contributed by atoms with Gasteiger partial charge in [0.05, 0.1) is 4.92 Å². The van der Waals surface area contributed by atoms with Crippen molar-refractivity contribution in [1.82, 2.24) is 4.90 Å². The standard InChI is InChI=1S/C13H20N4O3/c1-15(2)13(18)10-5-6-11(17(19)20)12(9-10)16(3)8-4-7-14/h5-6,9H,4,7-8,14H2,1-3H3. The van der Waals surface area contributed by atoms with Crippen LogP contribution in [0.2, 0.25) is 0 Å². The number of carbonyl (C=O) groups is 1. The number of anilines is 1.